The molecule has 0 aliphatic carbocycles. The zero-order valence-electron chi connectivity index (χ0n) is 34.9. The molecule has 0 radical (unpaired) electrons. The number of allylic oxidation sites excluding steroid dienone is 6. The molecule has 4 heteroatoms. The van der Waals surface area contributed by atoms with Crippen molar-refractivity contribution in [2.24, 2.45) is 0 Å². The highest BCUT2D eigenvalue weighted by atomic mass is 16.5. The second-order valence-corrected chi connectivity index (χ2v) is 15.6. The zero-order valence-corrected chi connectivity index (χ0v) is 34.9. The Morgan fingerprint density at radius 3 is 1.21 bits per heavy atom. The number of carboxylic acid groups (broad SMARTS) is 1. The average Bonchev–Trinajstić information content (AvgIpc) is 3.13. The number of esters is 1. The number of carbonyl (C=O) groups is 2. The van der Waals surface area contributed by atoms with Gasteiger partial charge in [0.1, 0.15) is 6.10 Å². The Morgan fingerprint density at radius 1 is 0.423 bits per heavy atom. The van der Waals surface area contributed by atoms with Crippen molar-refractivity contribution in [3.8, 4) is 0 Å². The molecular formula is C48H88O4. The predicted octanol–water partition coefficient (Wildman–Crippen LogP) is 16.1. The van der Waals surface area contributed by atoms with Crippen molar-refractivity contribution in [2.75, 3.05) is 0 Å². The van der Waals surface area contributed by atoms with Crippen molar-refractivity contribution in [1.82, 2.24) is 0 Å². The molecule has 0 bridgehead atoms. The van der Waals surface area contributed by atoms with Crippen molar-refractivity contribution >= 4 is 11.9 Å². The Labute approximate surface area is 324 Å². The number of rotatable bonds is 42. The van der Waals surface area contributed by atoms with E-state index in [9.17, 15) is 9.59 Å². The van der Waals surface area contributed by atoms with Crippen LogP contribution in [-0.4, -0.2) is 23.1 Å². The standard InChI is InChI=1S/C48H88O4/c1-3-5-7-8-9-10-11-12-13-14-15-16-17-18-22-25-28-31-34-37-41-45-48(51)52-46(42-38-6-4-2)43-39-35-32-29-26-23-20-19-21-24-27-30-33-36-40-44-47(49)50/h9-10,12-13,18,22,46H,3-8,11,14-17,19-21,23-45H2,1-2H3,(H,49,50)/b10-9-,13-12-,22-18-. The van der Waals surface area contributed by atoms with Crippen LogP contribution in [0.2, 0.25) is 0 Å². The molecule has 0 aliphatic heterocycles. The van der Waals surface area contributed by atoms with Crippen LogP contribution in [0, 0.1) is 0 Å². The summed E-state index contributed by atoms with van der Waals surface area (Å²) in [5.41, 5.74) is 0. The van der Waals surface area contributed by atoms with E-state index in [2.05, 4.69) is 50.3 Å². The monoisotopic (exact) mass is 729 g/mol. The van der Waals surface area contributed by atoms with Gasteiger partial charge in [0.25, 0.3) is 0 Å². The van der Waals surface area contributed by atoms with Gasteiger partial charge in [-0.1, -0.05) is 179 Å². The molecule has 0 aromatic carbocycles. The van der Waals surface area contributed by atoms with Crippen molar-refractivity contribution in [3.05, 3.63) is 36.5 Å². The van der Waals surface area contributed by atoms with Crippen LogP contribution in [-0.2, 0) is 14.3 Å². The molecule has 1 atom stereocenters. The van der Waals surface area contributed by atoms with E-state index in [0.29, 0.717) is 12.8 Å². The number of aliphatic carboxylic acids is 1. The van der Waals surface area contributed by atoms with E-state index in [4.69, 9.17) is 9.84 Å². The van der Waals surface area contributed by atoms with Gasteiger partial charge in [-0.3, -0.25) is 9.59 Å². The Balaban J connectivity index is 3.70. The number of hydrogen-bond acceptors (Lipinski definition) is 3. The lowest BCUT2D eigenvalue weighted by Crippen LogP contribution is -2.18. The minimum Gasteiger partial charge on any atom is -0.481 e. The maximum absolute atomic E-state index is 12.6. The molecule has 0 aliphatic rings. The Kier molecular flexibility index (Phi) is 42.0. The molecule has 1 N–H and O–H groups in total. The third kappa shape index (κ3) is 42.6. The first-order valence-electron chi connectivity index (χ1n) is 23.0. The van der Waals surface area contributed by atoms with Crippen molar-refractivity contribution in [3.63, 3.8) is 0 Å². The van der Waals surface area contributed by atoms with Crippen LogP contribution in [0.25, 0.3) is 0 Å². The van der Waals surface area contributed by atoms with Crippen molar-refractivity contribution in [1.29, 1.82) is 0 Å². The number of carbonyl (C=O) groups excluding carboxylic acids is 1. The molecule has 0 fully saturated rings. The summed E-state index contributed by atoms with van der Waals surface area (Å²) in [6, 6.07) is 0. The number of carboxylic acids is 1. The van der Waals surface area contributed by atoms with Crippen LogP contribution in [0.5, 0.6) is 0 Å². The molecule has 0 heterocycles. The summed E-state index contributed by atoms with van der Waals surface area (Å²) in [6.45, 7) is 4.50. The third-order valence-corrected chi connectivity index (χ3v) is 10.3. The van der Waals surface area contributed by atoms with Gasteiger partial charge < -0.3 is 9.84 Å². The van der Waals surface area contributed by atoms with Gasteiger partial charge in [0.2, 0.25) is 0 Å². The lowest BCUT2D eigenvalue weighted by Gasteiger charge is -2.18. The molecule has 4 nitrogen and oxygen atoms in total. The highest BCUT2D eigenvalue weighted by molar-refractivity contribution is 5.69. The largest absolute Gasteiger partial charge is 0.481 e. The van der Waals surface area contributed by atoms with Gasteiger partial charge in [-0.2, -0.15) is 0 Å². The van der Waals surface area contributed by atoms with Crippen LogP contribution in [0.1, 0.15) is 251 Å². The summed E-state index contributed by atoms with van der Waals surface area (Å²) in [5.74, 6) is -0.632. The third-order valence-electron chi connectivity index (χ3n) is 10.3. The van der Waals surface area contributed by atoms with Crippen molar-refractivity contribution < 1.29 is 19.4 Å². The zero-order chi connectivity index (χ0) is 37.8. The predicted molar refractivity (Wildman–Crippen MR) is 227 cm³/mol. The fraction of sp³-hybridized carbons (Fsp3) is 0.833. The molecule has 0 amide bonds. The van der Waals surface area contributed by atoms with Crippen molar-refractivity contribution in [2.45, 2.75) is 258 Å². The second-order valence-electron chi connectivity index (χ2n) is 15.6. The summed E-state index contributed by atoms with van der Waals surface area (Å²) in [6.07, 6.45) is 58.0. The molecular weight excluding hydrogens is 641 g/mol. The molecule has 52 heavy (non-hydrogen) atoms. The first-order valence-corrected chi connectivity index (χ1v) is 23.0. The quantitative estimate of drug-likeness (QED) is 0.0386. The molecule has 0 rings (SSSR count). The van der Waals surface area contributed by atoms with E-state index in [1.54, 1.807) is 0 Å². The average molecular weight is 729 g/mol. The topological polar surface area (TPSA) is 63.6 Å². The Hall–Kier alpha value is -1.84. The normalized spacial score (nSPS) is 12.5. The number of unbranched alkanes of at least 4 members (excludes halogenated alkanes) is 27. The van der Waals surface area contributed by atoms with Crippen LogP contribution in [0.4, 0.5) is 0 Å². The fourth-order valence-corrected chi connectivity index (χ4v) is 6.92. The van der Waals surface area contributed by atoms with Crippen LogP contribution >= 0.6 is 0 Å². The molecule has 0 spiro atoms. The summed E-state index contributed by atoms with van der Waals surface area (Å²) in [7, 11) is 0. The highest BCUT2D eigenvalue weighted by Crippen LogP contribution is 2.19. The lowest BCUT2D eigenvalue weighted by molar-refractivity contribution is -0.150. The minimum atomic E-state index is -0.664. The first kappa shape index (κ1) is 50.2. The van der Waals surface area contributed by atoms with E-state index in [-0.39, 0.29) is 12.1 Å². The molecule has 0 aromatic rings. The van der Waals surface area contributed by atoms with E-state index < -0.39 is 5.97 Å². The minimum absolute atomic E-state index is 0.0327. The van der Waals surface area contributed by atoms with Gasteiger partial charge in [-0.25, -0.2) is 0 Å². The summed E-state index contributed by atoms with van der Waals surface area (Å²) < 4.78 is 6.00. The number of ether oxygens (including phenoxy) is 1. The van der Waals surface area contributed by atoms with Gasteiger partial charge in [-0.05, 0) is 96.3 Å². The van der Waals surface area contributed by atoms with Crippen LogP contribution in [0.3, 0.4) is 0 Å². The van der Waals surface area contributed by atoms with Gasteiger partial charge in [0.15, 0.2) is 0 Å². The van der Waals surface area contributed by atoms with E-state index in [0.717, 1.165) is 44.9 Å². The summed E-state index contributed by atoms with van der Waals surface area (Å²) in [4.78, 5) is 23.2. The molecule has 0 saturated heterocycles. The smallest absolute Gasteiger partial charge is 0.306 e. The maximum atomic E-state index is 12.6. The van der Waals surface area contributed by atoms with E-state index in [1.165, 1.54) is 180 Å². The lowest BCUT2D eigenvalue weighted by atomic mass is 10.0. The summed E-state index contributed by atoms with van der Waals surface area (Å²) >= 11 is 0. The van der Waals surface area contributed by atoms with E-state index in [1.807, 2.05) is 0 Å². The van der Waals surface area contributed by atoms with Gasteiger partial charge in [0, 0.05) is 12.8 Å². The van der Waals surface area contributed by atoms with Crippen LogP contribution < -0.4 is 0 Å². The van der Waals surface area contributed by atoms with Gasteiger partial charge in [-0.15, -0.1) is 0 Å². The highest BCUT2D eigenvalue weighted by Gasteiger charge is 2.14. The number of hydrogen-bond donors (Lipinski definition) is 1. The Bertz CT molecular complexity index is 828. The molecule has 0 aromatic heterocycles. The molecule has 1 unspecified atom stereocenters. The summed E-state index contributed by atoms with van der Waals surface area (Å²) in [5, 5.41) is 8.68. The second kappa shape index (κ2) is 43.6. The van der Waals surface area contributed by atoms with Gasteiger partial charge in [0.05, 0.1) is 0 Å². The Morgan fingerprint density at radius 2 is 0.750 bits per heavy atom. The first-order chi connectivity index (χ1) is 25.6. The fourth-order valence-electron chi connectivity index (χ4n) is 6.92. The van der Waals surface area contributed by atoms with E-state index >= 15 is 0 Å². The molecule has 304 valence electrons. The SMILES string of the molecule is CCCCC/C=C\C/C=C\CCCC/C=C\CCCCCCCC(=O)OC(CCCCC)CCCCCCCCCCCCCCCCCC(=O)O. The maximum Gasteiger partial charge on any atom is 0.306 e. The van der Waals surface area contributed by atoms with Crippen LogP contribution in [0.15, 0.2) is 36.5 Å². The van der Waals surface area contributed by atoms with Gasteiger partial charge >= 0.3 is 11.9 Å². The molecule has 0 saturated carbocycles.